The third kappa shape index (κ3) is 2.03. The summed E-state index contributed by atoms with van der Waals surface area (Å²) < 4.78 is 26.0. The minimum absolute atomic E-state index is 0.0262. The molecule has 2 aromatic carbocycles. The van der Waals surface area contributed by atoms with E-state index in [2.05, 4.69) is 4.18 Å². The average Bonchev–Trinajstić information content (AvgIpc) is 2.46. The highest BCUT2D eigenvalue weighted by Gasteiger charge is 2.34. The molecule has 0 bridgehead atoms. The minimum Gasteiger partial charge on any atom is -0.740 e. The summed E-state index contributed by atoms with van der Waals surface area (Å²) in [6.45, 7) is 0. The predicted octanol–water partition coefficient (Wildman–Crippen LogP) is 1.22. The first-order chi connectivity index (χ1) is 10.0. The van der Waals surface area contributed by atoms with E-state index in [1.807, 2.05) is 0 Å². The topological polar surface area (TPSA) is 110 Å². The Morgan fingerprint density at radius 2 is 1.52 bits per heavy atom. The molecule has 2 aromatic rings. The van der Waals surface area contributed by atoms with Gasteiger partial charge < -0.3 is 14.5 Å². The molecule has 6 nitrogen and oxygen atoms in total. The van der Waals surface area contributed by atoms with Gasteiger partial charge in [-0.15, -0.1) is 0 Å². The van der Waals surface area contributed by atoms with Gasteiger partial charge in [-0.05, 0) is 12.1 Å². The highest BCUT2D eigenvalue weighted by Crippen LogP contribution is 2.36. The van der Waals surface area contributed by atoms with Crippen LogP contribution in [0.2, 0.25) is 0 Å². The summed E-state index contributed by atoms with van der Waals surface area (Å²) in [6, 6.07) is 8.87. The molecule has 7 heteroatoms. The molecule has 0 saturated heterocycles. The number of benzene rings is 2. The summed E-state index contributed by atoms with van der Waals surface area (Å²) >= 11 is -2.86. The SMILES string of the molecule is Nc1ccc(OS(=O)[O-])c2c1C(=O)c1ccccc1C2=O. The first kappa shape index (κ1) is 13.5. The fourth-order valence-electron chi connectivity index (χ4n) is 2.36. The molecule has 1 atom stereocenters. The van der Waals surface area contributed by atoms with Gasteiger partial charge in [0.2, 0.25) is 0 Å². The number of carbonyl (C=O) groups excluding carboxylic acids is 2. The molecule has 0 aromatic heterocycles. The largest absolute Gasteiger partial charge is 0.740 e. The van der Waals surface area contributed by atoms with E-state index in [-0.39, 0.29) is 33.7 Å². The van der Waals surface area contributed by atoms with Gasteiger partial charge >= 0.3 is 0 Å². The molecular formula is C14H8NO5S-. The lowest BCUT2D eigenvalue weighted by atomic mass is 9.83. The quantitative estimate of drug-likeness (QED) is 0.563. The van der Waals surface area contributed by atoms with Crippen LogP contribution in [-0.2, 0) is 11.4 Å². The molecular weight excluding hydrogens is 294 g/mol. The molecule has 1 aliphatic carbocycles. The van der Waals surface area contributed by atoms with Gasteiger partial charge in [0, 0.05) is 16.8 Å². The van der Waals surface area contributed by atoms with Gasteiger partial charge in [-0.3, -0.25) is 9.59 Å². The number of hydrogen-bond acceptors (Lipinski definition) is 6. The zero-order valence-electron chi connectivity index (χ0n) is 10.5. The van der Waals surface area contributed by atoms with E-state index in [1.54, 1.807) is 12.1 Å². The Hall–Kier alpha value is -2.51. The van der Waals surface area contributed by atoms with Gasteiger partial charge in [-0.25, -0.2) is 4.21 Å². The number of anilines is 1. The predicted molar refractivity (Wildman–Crippen MR) is 73.7 cm³/mol. The van der Waals surface area contributed by atoms with Crippen LogP contribution in [-0.4, -0.2) is 20.3 Å². The number of rotatable bonds is 2. The second-order valence-electron chi connectivity index (χ2n) is 4.39. The van der Waals surface area contributed by atoms with Crippen LogP contribution in [0.3, 0.4) is 0 Å². The number of nitrogens with two attached hydrogens (primary N) is 1. The smallest absolute Gasteiger partial charge is 0.198 e. The third-order valence-electron chi connectivity index (χ3n) is 3.23. The summed E-state index contributed by atoms with van der Waals surface area (Å²) in [4.78, 5) is 25.0. The van der Waals surface area contributed by atoms with Crippen molar-refractivity contribution in [2.75, 3.05) is 5.73 Å². The number of nitrogen functional groups attached to an aromatic ring is 1. The van der Waals surface area contributed by atoms with Crippen molar-refractivity contribution in [1.82, 2.24) is 0 Å². The molecule has 0 fully saturated rings. The molecule has 0 radical (unpaired) electrons. The highest BCUT2D eigenvalue weighted by molar-refractivity contribution is 7.74. The summed E-state index contributed by atoms with van der Waals surface area (Å²) in [5.74, 6) is -1.13. The third-order valence-corrected chi connectivity index (χ3v) is 3.54. The second-order valence-corrected chi connectivity index (χ2v) is 4.97. The Morgan fingerprint density at radius 3 is 2.10 bits per heavy atom. The average molecular weight is 302 g/mol. The van der Waals surface area contributed by atoms with Crippen molar-refractivity contribution >= 4 is 28.6 Å². The first-order valence-electron chi connectivity index (χ1n) is 5.89. The van der Waals surface area contributed by atoms with Crippen LogP contribution in [0.15, 0.2) is 36.4 Å². The normalized spacial score (nSPS) is 14.3. The molecule has 3 rings (SSSR count). The van der Waals surface area contributed by atoms with Gasteiger partial charge in [-0.1, -0.05) is 24.3 Å². The van der Waals surface area contributed by atoms with Crippen molar-refractivity contribution in [3.05, 3.63) is 58.7 Å². The van der Waals surface area contributed by atoms with Crippen molar-refractivity contribution in [2.45, 2.75) is 0 Å². The Bertz CT molecular complexity index is 815. The van der Waals surface area contributed by atoms with E-state index in [0.29, 0.717) is 0 Å². The number of carbonyl (C=O) groups is 2. The molecule has 106 valence electrons. The van der Waals surface area contributed by atoms with Crippen molar-refractivity contribution < 1.29 is 22.5 Å². The zero-order valence-corrected chi connectivity index (χ0v) is 11.3. The molecule has 0 saturated carbocycles. The van der Waals surface area contributed by atoms with Crippen molar-refractivity contribution in [1.29, 1.82) is 0 Å². The standard InChI is InChI=1S/C14H9NO5S/c15-9-5-6-10(20-21(18)19)12-11(9)13(16)7-3-1-2-4-8(7)14(12)17/h1-6H,15H2,(H,18,19)/p-1. The molecule has 0 amide bonds. The van der Waals surface area contributed by atoms with Crippen molar-refractivity contribution in [3.63, 3.8) is 0 Å². The maximum atomic E-state index is 12.5. The van der Waals surface area contributed by atoms with Crippen LogP contribution in [0.5, 0.6) is 5.75 Å². The van der Waals surface area contributed by atoms with Gasteiger partial charge in [0.25, 0.3) is 0 Å². The Morgan fingerprint density at radius 1 is 0.952 bits per heavy atom. The molecule has 1 unspecified atom stereocenters. The Balaban J connectivity index is 2.31. The summed E-state index contributed by atoms with van der Waals surface area (Å²) in [7, 11) is 0. The lowest BCUT2D eigenvalue weighted by Crippen LogP contribution is -2.23. The van der Waals surface area contributed by atoms with Gasteiger partial charge in [0.1, 0.15) is 11.4 Å². The molecule has 21 heavy (non-hydrogen) atoms. The van der Waals surface area contributed by atoms with E-state index in [1.165, 1.54) is 24.3 Å². The summed E-state index contributed by atoms with van der Waals surface area (Å²) in [5, 5.41) is 0. The fourth-order valence-corrected chi connectivity index (χ4v) is 2.65. The highest BCUT2D eigenvalue weighted by atomic mass is 32.2. The molecule has 0 heterocycles. The van der Waals surface area contributed by atoms with Gasteiger partial charge in [0.15, 0.2) is 17.3 Å². The lowest BCUT2D eigenvalue weighted by Gasteiger charge is -2.21. The van der Waals surface area contributed by atoms with E-state index >= 15 is 0 Å². The monoisotopic (exact) mass is 302 g/mol. The maximum absolute atomic E-state index is 12.5. The number of ketones is 2. The molecule has 1 aliphatic rings. The Labute approximate surface area is 122 Å². The van der Waals surface area contributed by atoms with E-state index in [9.17, 15) is 18.4 Å². The zero-order chi connectivity index (χ0) is 15.1. The lowest BCUT2D eigenvalue weighted by molar-refractivity contribution is 0.0978. The minimum atomic E-state index is -2.86. The van der Waals surface area contributed by atoms with Gasteiger partial charge in [0.05, 0.1) is 11.1 Å². The second kappa shape index (κ2) is 4.80. The van der Waals surface area contributed by atoms with Crippen molar-refractivity contribution in [3.8, 4) is 5.75 Å². The van der Waals surface area contributed by atoms with E-state index in [0.717, 1.165) is 0 Å². The maximum Gasteiger partial charge on any atom is 0.198 e. The molecule has 0 aliphatic heterocycles. The number of hydrogen-bond donors (Lipinski definition) is 1. The van der Waals surface area contributed by atoms with Crippen LogP contribution in [0.1, 0.15) is 31.8 Å². The Kier molecular flexibility index (Phi) is 3.08. The summed E-state index contributed by atoms with van der Waals surface area (Å²) in [5.41, 5.74) is 6.15. The van der Waals surface area contributed by atoms with E-state index < -0.39 is 22.9 Å². The summed E-state index contributed by atoms with van der Waals surface area (Å²) in [6.07, 6.45) is 0. The van der Waals surface area contributed by atoms with Crippen LogP contribution in [0, 0.1) is 0 Å². The van der Waals surface area contributed by atoms with Crippen molar-refractivity contribution in [2.24, 2.45) is 0 Å². The van der Waals surface area contributed by atoms with Crippen LogP contribution < -0.4 is 9.92 Å². The first-order valence-corrected chi connectivity index (χ1v) is 6.89. The fraction of sp³-hybridized carbons (Fsp3) is 0. The van der Waals surface area contributed by atoms with Crippen LogP contribution >= 0.6 is 0 Å². The van der Waals surface area contributed by atoms with E-state index in [4.69, 9.17) is 5.73 Å². The number of fused-ring (bicyclic) bond motifs is 2. The molecule has 2 N–H and O–H groups in total. The van der Waals surface area contributed by atoms with Crippen LogP contribution in [0.25, 0.3) is 0 Å². The molecule has 0 spiro atoms. The van der Waals surface area contributed by atoms with Gasteiger partial charge in [-0.2, -0.15) is 0 Å². The van der Waals surface area contributed by atoms with Crippen LogP contribution in [0.4, 0.5) is 5.69 Å².